The van der Waals surface area contributed by atoms with Crippen molar-refractivity contribution < 1.29 is 14.8 Å². The highest BCUT2D eigenvalue weighted by Gasteiger charge is 2.27. The molecule has 0 bridgehead atoms. The van der Waals surface area contributed by atoms with Crippen LogP contribution in [0, 0.1) is 5.92 Å². The number of nitrogens with one attached hydrogen (secondary N) is 1. The Hall–Kier alpha value is -1.79. The van der Waals surface area contributed by atoms with Crippen LogP contribution in [-0.4, -0.2) is 46.9 Å². The Bertz CT molecular complexity index is 356. The minimum atomic E-state index is -0.684. The van der Waals surface area contributed by atoms with Crippen molar-refractivity contribution in [1.82, 2.24) is 10.2 Å². The van der Waals surface area contributed by atoms with E-state index in [1.54, 1.807) is 6.92 Å². The van der Waals surface area contributed by atoms with E-state index >= 15 is 0 Å². The molecule has 0 heterocycles. The van der Waals surface area contributed by atoms with Gasteiger partial charge < -0.3 is 21.2 Å². The Labute approximate surface area is 120 Å². The minimum Gasteiger partial charge on any atom is -0.409 e. The molecule has 0 fully saturated rings. The highest BCUT2D eigenvalue weighted by atomic mass is 16.4. The van der Waals surface area contributed by atoms with Gasteiger partial charge in [0.05, 0.1) is 12.5 Å². The number of rotatable bonds is 8. The van der Waals surface area contributed by atoms with Gasteiger partial charge in [-0.3, -0.25) is 9.59 Å². The van der Waals surface area contributed by atoms with E-state index in [0.717, 1.165) is 6.42 Å². The van der Waals surface area contributed by atoms with Crippen LogP contribution in [-0.2, 0) is 9.59 Å². The maximum Gasteiger partial charge on any atom is 0.239 e. The Morgan fingerprint density at radius 2 is 1.95 bits per heavy atom. The third-order valence-electron chi connectivity index (χ3n) is 2.83. The highest BCUT2D eigenvalue weighted by molar-refractivity contribution is 6.02. The summed E-state index contributed by atoms with van der Waals surface area (Å²) in [5, 5.41) is 14.4. The summed E-state index contributed by atoms with van der Waals surface area (Å²) >= 11 is 0. The molecule has 0 aromatic heterocycles. The summed E-state index contributed by atoms with van der Waals surface area (Å²) in [5.74, 6) is -1.30. The van der Waals surface area contributed by atoms with E-state index in [2.05, 4.69) is 10.5 Å². The van der Waals surface area contributed by atoms with Gasteiger partial charge in [-0.15, -0.1) is 0 Å². The number of amidine groups is 1. The van der Waals surface area contributed by atoms with Crippen molar-refractivity contribution in [3.8, 4) is 0 Å². The first-order valence-electron chi connectivity index (χ1n) is 6.92. The molecule has 0 rings (SSSR count). The first kappa shape index (κ1) is 18.2. The molecule has 0 saturated carbocycles. The third-order valence-corrected chi connectivity index (χ3v) is 2.83. The van der Waals surface area contributed by atoms with Crippen molar-refractivity contribution in [2.45, 2.75) is 46.6 Å². The molecule has 0 aliphatic heterocycles. The van der Waals surface area contributed by atoms with Gasteiger partial charge in [-0.1, -0.05) is 18.5 Å². The van der Waals surface area contributed by atoms with Gasteiger partial charge in [-0.25, -0.2) is 0 Å². The van der Waals surface area contributed by atoms with E-state index in [1.807, 2.05) is 20.8 Å². The molecule has 116 valence electrons. The van der Waals surface area contributed by atoms with Crippen molar-refractivity contribution in [3.05, 3.63) is 0 Å². The number of carbonyl (C=O) groups excluding carboxylic acids is 2. The van der Waals surface area contributed by atoms with Crippen molar-refractivity contribution in [2.24, 2.45) is 16.8 Å². The number of hydrogen-bond donors (Lipinski definition) is 3. The fourth-order valence-corrected chi connectivity index (χ4v) is 1.86. The van der Waals surface area contributed by atoms with E-state index in [9.17, 15) is 9.59 Å². The Kier molecular flexibility index (Phi) is 8.35. The number of amides is 2. The van der Waals surface area contributed by atoms with Crippen LogP contribution in [0.4, 0.5) is 0 Å². The zero-order chi connectivity index (χ0) is 15.7. The second-order valence-electron chi connectivity index (χ2n) is 4.94. The van der Waals surface area contributed by atoms with Crippen LogP contribution < -0.4 is 11.1 Å². The summed E-state index contributed by atoms with van der Waals surface area (Å²) in [6, 6.07) is 0.0202. The van der Waals surface area contributed by atoms with Gasteiger partial charge in [-0.05, 0) is 27.2 Å². The van der Waals surface area contributed by atoms with E-state index < -0.39 is 5.92 Å². The SMILES string of the molecule is CCCC(C(=O)N(CC)CC(=O)NC(C)C)C(N)=NO. The number of oxime groups is 1. The number of carbonyl (C=O) groups is 2. The summed E-state index contributed by atoms with van der Waals surface area (Å²) in [4.78, 5) is 25.5. The average molecular weight is 286 g/mol. The fraction of sp³-hybridized carbons (Fsp3) is 0.769. The second-order valence-corrected chi connectivity index (χ2v) is 4.94. The van der Waals surface area contributed by atoms with Crippen molar-refractivity contribution in [3.63, 3.8) is 0 Å². The molecule has 0 saturated heterocycles. The molecule has 7 heteroatoms. The molecule has 0 aliphatic carbocycles. The standard InChI is InChI=1S/C13H26N4O3/c1-5-7-10(12(14)16-20)13(19)17(6-2)8-11(18)15-9(3)4/h9-10,20H,5-8H2,1-4H3,(H2,14,16)(H,15,18). The molecule has 7 nitrogen and oxygen atoms in total. The van der Waals surface area contributed by atoms with Crippen LogP contribution in [0.25, 0.3) is 0 Å². The van der Waals surface area contributed by atoms with Gasteiger partial charge in [0.1, 0.15) is 0 Å². The average Bonchev–Trinajstić information content (AvgIpc) is 2.39. The predicted molar refractivity (Wildman–Crippen MR) is 77.3 cm³/mol. The number of nitrogens with zero attached hydrogens (tertiary/aromatic N) is 2. The summed E-state index contributed by atoms with van der Waals surface area (Å²) in [6.45, 7) is 7.77. The van der Waals surface area contributed by atoms with E-state index in [4.69, 9.17) is 10.9 Å². The molecular weight excluding hydrogens is 260 g/mol. The van der Waals surface area contributed by atoms with Gasteiger partial charge in [0.15, 0.2) is 5.84 Å². The summed E-state index contributed by atoms with van der Waals surface area (Å²) < 4.78 is 0. The lowest BCUT2D eigenvalue weighted by Gasteiger charge is -2.25. The molecule has 2 amide bonds. The number of nitrogens with two attached hydrogens (primary N) is 1. The van der Waals surface area contributed by atoms with Crippen molar-refractivity contribution in [1.29, 1.82) is 0 Å². The zero-order valence-electron chi connectivity index (χ0n) is 12.7. The van der Waals surface area contributed by atoms with Gasteiger partial charge in [0, 0.05) is 12.6 Å². The lowest BCUT2D eigenvalue weighted by molar-refractivity contribution is -0.137. The molecule has 0 spiro atoms. The molecule has 0 aliphatic rings. The number of likely N-dealkylation sites (N-methyl/N-ethyl adjacent to an activating group) is 1. The summed E-state index contributed by atoms with van der Waals surface area (Å²) in [5.41, 5.74) is 5.56. The van der Waals surface area contributed by atoms with Crippen LogP contribution >= 0.6 is 0 Å². The Balaban J connectivity index is 4.84. The van der Waals surface area contributed by atoms with E-state index in [-0.39, 0.29) is 30.2 Å². The fourth-order valence-electron chi connectivity index (χ4n) is 1.86. The van der Waals surface area contributed by atoms with E-state index in [0.29, 0.717) is 13.0 Å². The third kappa shape index (κ3) is 5.90. The Morgan fingerprint density at radius 1 is 1.35 bits per heavy atom. The maximum atomic E-state index is 12.4. The maximum absolute atomic E-state index is 12.4. The minimum absolute atomic E-state index is 0.0202. The van der Waals surface area contributed by atoms with Crippen molar-refractivity contribution in [2.75, 3.05) is 13.1 Å². The first-order valence-corrected chi connectivity index (χ1v) is 6.92. The molecule has 1 unspecified atom stereocenters. The van der Waals surface area contributed by atoms with Crippen LogP contribution in [0.1, 0.15) is 40.5 Å². The normalized spacial score (nSPS) is 13.2. The first-order chi connectivity index (χ1) is 9.37. The van der Waals surface area contributed by atoms with Gasteiger partial charge in [0.25, 0.3) is 0 Å². The summed E-state index contributed by atoms with van der Waals surface area (Å²) in [6.07, 6.45) is 1.21. The smallest absolute Gasteiger partial charge is 0.239 e. The Morgan fingerprint density at radius 3 is 2.35 bits per heavy atom. The predicted octanol–water partition coefficient (Wildman–Crippen LogP) is 0.522. The van der Waals surface area contributed by atoms with Crippen LogP contribution in [0.3, 0.4) is 0 Å². The monoisotopic (exact) mass is 286 g/mol. The summed E-state index contributed by atoms with van der Waals surface area (Å²) in [7, 11) is 0. The topological polar surface area (TPSA) is 108 Å². The largest absolute Gasteiger partial charge is 0.409 e. The van der Waals surface area contributed by atoms with Crippen LogP contribution in [0.5, 0.6) is 0 Å². The van der Waals surface area contributed by atoms with Crippen molar-refractivity contribution >= 4 is 17.6 Å². The molecule has 20 heavy (non-hydrogen) atoms. The molecule has 0 aromatic rings. The van der Waals surface area contributed by atoms with Gasteiger partial charge in [0.2, 0.25) is 11.8 Å². The lowest BCUT2D eigenvalue weighted by Crippen LogP contribution is -2.47. The second kappa shape index (κ2) is 9.17. The molecule has 1 atom stereocenters. The molecule has 0 radical (unpaired) electrons. The number of hydrogen-bond acceptors (Lipinski definition) is 4. The van der Waals surface area contributed by atoms with Crippen LogP contribution in [0.2, 0.25) is 0 Å². The van der Waals surface area contributed by atoms with Crippen LogP contribution in [0.15, 0.2) is 5.16 Å². The van der Waals surface area contributed by atoms with E-state index in [1.165, 1.54) is 4.90 Å². The highest BCUT2D eigenvalue weighted by Crippen LogP contribution is 2.11. The zero-order valence-corrected chi connectivity index (χ0v) is 12.7. The molecular formula is C13H26N4O3. The molecule has 4 N–H and O–H groups in total. The quantitative estimate of drug-likeness (QED) is 0.262. The van der Waals surface area contributed by atoms with Gasteiger partial charge in [-0.2, -0.15) is 0 Å². The van der Waals surface area contributed by atoms with Gasteiger partial charge >= 0.3 is 0 Å². The lowest BCUT2D eigenvalue weighted by atomic mass is 10.0. The molecule has 0 aromatic carbocycles.